The summed E-state index contributed by atoms with van der Waals surface area (Å²) in [5, 5.41) is 6.64. The van der Waals surface area contributed by atoms with Crippen LogP contribution in [0.5, 0.6) is 46.0 Å². The minimum atomic E-state index is -1.70. The Kier molecular flexibility index (Phi) is 12.4. The number of esters is 2. The Hall–Kier alpha value is -6.12. The molecule has 0 bridgehead atoms. The van der Waals surface area contributed by atoms with E-state index >= 15 is 0 Å². The normalized spacial score (nSPS) is 18.9. The van der Waals surface area contributed by atoms with Gasteiger partial charge >= 0.3 is 11.9 Å². The highest BCUT2D eigenvalue weighted by Crippen LogP contribution is 2.42. The van der Waals surface area contributed by atoms with Crippen LogP contribution < -0.4 is 48.5 Å². The van der Waals surface area contributed by atoms with Crippen LogP contribution in [-0.2, 0) is 43.5 Å². The highest BCUT2D eigenvalue weighted by Gasteiger charge is 2.45. The largest absolute Gasteiger partial charge is 0.497 e. The van der Waals surface area contributed by atoms with Crippen molar-refractivity contribution in [3.05, 3.63) is 107 Å². The van der Waals surface area contributed by atoms with Crippen LogP contribution in [0, 0.1) is 0 Å². The number of nitrogens with one attached hydrogen (secondary N) is 2. The summed E-state index contributed by atoms with van der Waals surface area (Å²) in [5.41, 5.74) is 2.69. The molecule has 4 aromatic carbocycles. The van der Waals surface area contributed by atoms with Crippen molar-refractivity contribution in [3.8, 4) is 46.0 Å². The van der Waals surface area contributed by atoms with Crippen LogP contribution in [-0.4, -0.2) is 80.8 Å². The third-order valence-corrected chi connectivity index (χ3v) is 9.47. The van der Waals surface area contributed by atoms with Gasteiger partial charge in [0.05, 0.1) is 55.7 Å². The Morgan fingerprint density at radius 3 is 1.18 bits per heavy atom. The monoisotopic (exact) mass is 770 g/mol. The molecule has 2 N–H and O–H groups in total. The summed E-state index contributed by atoms with van der Waals surface area (Å²) >= 11 is 0. The summed E-state index contributed by atoms with van der Waals surface area (Å²) in [6.45, 7) is 1.24. The molecule has 0 aromatic heterocycles. The van der Waals surface area contributed by atoms with Crippen molar-refractivity contribution in [1.29, 1.82) is 0 Å². The van der Waals surface area contributed by atoms with Crippen molar-refractivity contribution in [2.24, 2.45) is 0 Å². The van der Waals surface area contributed by atoms with Crippen molar-refractivity contribution < 1.29 is 57.0 Å². The Balaban J connectivity index is 1.34. The van der Waals surface area contributed by atoms with Crippen LogP contribution in [0.3, 0.4) is 0 Å². The van der Waals surface area contributed by atoms with E-state index < -0.39 is 23.5 Å². The quantitative estimate of drug-likeness (QED) is 0.102. The van der Waals surface area contributed by atoms with E-state index in [9.17, 15) is 9.59 Å². The molecule has 4 aromatic rings. The third-order valence-electron chi connectivity index (χ3n) is 9.47. The standard InChI is InChI=1S/C42H46N2O12/c1-47-29-7-11-31(12-8-29)53-41(25-43-19-17-27-21-35(49-3)37(51-5)23-33(27)41)55-39(45)15-16-40(46)56-42(54-32-13-9-30(48-2)10-14-32)26-44-20-18-28-22-36(50-4)38(52-6)24-34(28)42/h7-16,21-24,43-44H,17-20,25-26H2,1-6H3/b16-15-. The van der Waals surface area contributed by atoms with Crippen LogP contribution in [0.2, 0.25) is 0 Å². The molecule has 0 fully saturated rings. The second-order valence-electron chi connectivity index (χ2n) is 12.8. The van der Waals surface area contributed by atoms with E-state index in [0.717, 1.165) is 23.3 Å². The number of benzene rings is 4. The SMILES string of the molecule is COc1ccc(OC2(OC(=O)/C=C\C(=O)OC3(Oc4ccc(OC)cc4)CNCCc4cc(OC)c(OC)cc43)CNCCc3cc(OC)c(OC)cc32)cc1. The fourth-order valence-corrected chi connectivity index (χ4v) is 6.71. The average Bonchev–Trinajstić information content (AvgIpc) is 3.50. The molecule has 2 unspecified atom stereocenters. The maximum Gasteiger partial charge on any atom is 0.334 e. The van der Waals surface area contributed by atoms with Crippen LogP contribution in [0.25, 0.3) is 0 Å². The molecule has 0 spiro atoms. The van der Waals surface area contributed by atoms with E-state index in [4.69, 9.17) is 47.4 Å². The van der Waals surface area contributed by atoms with Gasteiger partial charge in [0.25, 0.3) is 11.6 Å². The van der Waals surface area contributed by atoms with Crippen molar-refractivity contribution >= 4 is 11.9 Å². The number of carbonyl (C=O) groups is 2. The molecular formula is C42H46N2O12. The van der Waals surface area contributed by atoms with Gasteiger partial charge in [0, 0.05) is 23.3 Å². The molecule has 14 nitrogen and oxygen atoms in total. The summed E-state index contributed by atoms with van der Waals surface area (Å²) in [6, 6.07) is 20.9. The number of hydrogen-bond acceptors (Lipinski definition) is 14. The van der Waals surface area contributed by atoms with Gasteiger partial charge in [0.15, 0.2) is 23.0 Å². The van der Waals surface area contributed by atoms with Gasteiger partial charge in [0.1, 0.15) is 23.0 Å². The lowest BCUT2D eigenvalue weighted by atomic mass is 9.97. The van der Waals surface area contributed by atoms with Gasteiger partial charge < -0.3 is 58.0 Å². The molecule has 0 aliphatic carbocycles. The highest BCUT2D eigenvalue weighted by molar-refractivity contribution is 5.92. The van der Waals surface area contributed by atoms with Gasteiger partial charge in [-0.1, -0.05) is 0 Å². The zero-order valence-corrected chi connectivity index (χ0v) is 32.2. The lowest BCUT2D eigenvalue weighted by Gasteiger charge is -2.34. The van der Waals surface area contributed by atoms with E-state index in [1.807, 2.05) is 12.1 Å². The molecule has 2 aliphatic rings. The summed E-state index contributed by atoms with van der Waals surface area (Å²) in [6.07, 6.45) is 3.14. The van der Waals surface area contributed by atoms with Crippen molar-refractivity contribution in [2.45, 2.75) is 24.4 Å². The van der Waals surface area contributed by atoms with Gasteiger partial charge in [-0.25, -0.2) is 9.59 Å². The molecule has 296 valence electrons. The average molecular weight is 771 g/mol. The molecule has 0 saturated carbocycles. The summed E-state index contributed by atoms with van der Waals surface area (Å²) in [4.78, 5) is 27.7. The first-order valence-corrected chi connectivity index (χ1v) is 17.9. The van der Waals surface area contributed by atoms with Crippen molar-refractivity contribution in [2.75, 3.05) is 68.8 Å². The Morgan fingerprint density at radius 1 is 0.500 bits per heavy atom. The van der Waals surface area contributed by atoms with Crippen LogP contribution in [0.1, 0.15) is 22.3 Å². The number of methoxy groups -OCH3 is 6. The van der Waals surface area contributed by atoms with E-state index in [1.165, 1.54) is 14.2 Å². The van der Waals surface area contributed by atoms with E-state index in [2.05, 4.69) is 10.6 Å². The zero-order chi connectivity index (χ0) is 39.7. The predicted molar refractivity (Wildman–Crippen MR) is 204 cm³/mol. The molecule has 0 saturated heterocycles. The Morgan fingerprint density at radius 2 is 0.839 bits per heavy atom. The summed E-state index contributed by atoms with van der Waals surface area (Å²) in [7, 11) is 9.26. The fourth-order valence-electron chi connectivity index (χ4n) is 6.71. The van der Waals surface area contributed by atoms with E-state index in [-0.39, 0.29) is 13.1 Å². The van der Waals surface area contributed by atoms with E-state index in [1.54, 1.807) is 89.1 Å². The molecule has 2 aliphatic heterocycles. The lowest BCUT2D eigenvalue weighted by Crippen LogP contribution is -2.46. The van der Waals surface area contributed by atoms with Gasteiger partial charge in [-0.2, -0.15) is 0 Å². The number of fused-ring (bicyclic) bond motifs is 2. The van der Waals surface area contributed by atoms with Crippen molar-refractivity contribution in [3.63, 3.8) is 0 Å². The maximum atomic E-state index is 13.9. The molecule has 0 amide bonds. The topological polar surface area (TPSA) is 150 Å². The molecule has 2 heterocycles. The maximum absolute atomic E-state index is 13.9. The first-order valence-electron chi connectivity index (χ1n) is 17.9. The first kappa shape index (κ1) is 39.6. The Bertz CT molecular complexity index is 1890. The van der Waals surface area contributed by atoms with Crippen LogP contribution >= 0.6 is 0 Å². The predicted octanol–water partition coefficient (Wildman–Crippen LogP) is 4.84. The van der Waals surface area contributed by atoms with Crippen molar-refractivity contribution in [1.82, 2.24) is 10.6 Å². The number of ether oxygens (including phenoxy) is 10. The number of carbonyl (C=O) groups excluding carboxylic acids is 2. The van der Waals surface area contributed by atoms with Gasteiger partial charge in [0.2, 0.25) is 0 Å². The third kappa shape index (κ3) is 8.56. The number of rotatable bonds is 14. The minimum absolute atomic E-state index is 0.0676. The van der Waals surface area contributed by atoms with Crippen LogP contribution in [0.4, 0.5) is 0 Å². The van der Waals surface area contributed by atoms with E-state index in [0.29, 0.717) is 83.1 Å². The minimum Gasteiger partial charge on any atom is -0.497 e. The second kappa shape index (κ2) is 17.6. The number of hydrogen-bond donors (Lipinski definition) is 2. The first-order chi connectivity index (χ1) is 27.2. The lowest BCUT2D eigenvalue weighted by molar-refractivity contribution is -0.198. The fraction of sp³-hybridized carbons (Fsp3) is 0.333. The van der Waals surface area contributed by atoms with Gasteiger partial charge in [-0.3, -0.25) is 0 Å². The molecule has 0 radical (unpaired) electrons. The summed E-state index contributed by atoms with van der Waals surface area (Å²) in [5.74, 6) is -1.28. The molecule has 14 heteroatoms. The molecule has 6 rings (SSSR count). The second-order valence-corrected chi connectivity index (χ2v) is 12.8. The van der Waals surface area contributed by atoms with Crippen LogP contribution in [0.15, 0.2) is 84.9 Å². The molecule has 56 heavy (non-hydrogen) atoms. The molecule has 2 atom stereocenters. The van der Waals surface area contributed by atoms with Gasteiger partial charge in [-0.05, 0) is 110 Å². The Labute approximate surface area is 325 Å². The van der Waals surface area contributed by atoms with Gasteiger partial charge in [-0.15, -0.1) is 0 Å². The smallest absolute Gasteiger partial charge is 0.334 e. The zero-order valence-electron chi connectivity index (χ0n) is 32.2. The molecular weight excluding hydrogens is 724 g/mol. The summed E-state index contributed by atoms with van der Waals surface area (Å²) < 4.78 is 58.5. The highest BCUT2D eigenvalue weighted by atomic mass is 16.7.